The Kier molecular flexibility index (Phi) is 33.6. The number of nitrogens with zero attached hydrogens (tertiary/aromatic N) is 4. The van der Waals surface area contributed by atoms with Crippen LogP contribution in [-0.4, -0.2) is 257 Å². The van der Waals surface area contributed by atoms with Crippen LogP contribution in [0.5, 0.6) is 11.5 Å². The molecule has 0 saturated carbocycles. The van der Waals surface area contributed by atoms with Gasteiger partial charge in [0, 0.05) is 118 Å². The minimum absolute atomic E-state index is 0.0493. The first-order valence-corrected chi connectivity index (χ1v) is 37.2. The average Bonchev–Trinajstić information content (AvgIpc) is 1.63. The van der Waals surface area contributed by atoms with E-state index in [1.165, 1.54) is 67.6 Å². The van der Waals surface area contributed by atoms with E-state index in [1.54, 1.807) is 45.2 Å². The van der Waals surface area contributed by atoms with Gasteiger partial charge in [0.15, 0.2) is 0 Å². The van der Waals surface area contributed by atoms with Crippen molar-refractivity contribution in [1.29, 1.82) is 0 Å². The largest absolute Gasteiger partial charge is 0.508 e. The van der Waals surface area contributed by atoms with Crippen LogP contribution in [0.25, 0.3) is 10.9 Å². The summed E-state index contributed by atoms with van der Waals surface area (Å²) in [6, 6.07) is 10.7. The predicted octanol–water partition coefficient (Wildman–Crippen LogP) is -1.80. The zero-order valence-electron chi connectivity index (χ0n) is 58.0. The Labute approximate surface area is 620 Å². The van der Waals surface area contributed by atoms with Gasteiger partial charge in [0.1, 0.15) is 59.8 Å². The predicted molar refractivity (Wildman–Crippen MR) is 393 cm³/mol. The highest BCUT2D eigenvalue weighted by Crippen LogP contribution is 2.42. The van der Waals surface area contributed by atoms with Crippen LogP contribution >= 0.6 is 32.6 Å². The molecular formula is C68H92N15O20PS2. The first-order valence-electron chi connectivity index (χ1n) is 33.9. The zero-order chi connectivity index (χ0) is 77.8. The maximum absolute atomic E-state index is 15.1. The molecular weight excluding hydrogens is 1440 g/mol. The number of thiol groups is 2. The van der Waals surface area contributed by atoms with Crippen LogP contribution in [0.4, 0.5) is 5.69 Å². The summed E-state index contributed by atoms with van der Waals surface area (Å²) in [5.41, 5.74) is 13.4. The SMILES string of the molecule is C[C@@H](O)[C@H](NC(=O)[C@H](CCCCN)NC(=O)[C@H](Cc1c[nH]c2ccccc12)NC(=O)[C@H](Cc1ccc(O)cc1)NC(=O)[C@H](CS)NC(=O)[C@H](Cc1ccc([N+](=O)[O-])cc1)NC(=O)CCP(=O)(O)CN1CCN(CC(=O)O)CCN(CC(=O)O)CC1)C(=O)N[C@@H](CS)C(=O)N[C@@H](Cc1ccc(O)cc1)C(N)=O. The summed E-state index contributed by atoms with van der Waals surface area (Å²) in [6.45, 7) is 1.55. The van der Waals surface area contributed by atoms with Gasteiger partial charge in [0.05, 0.1) is 30.4 Å². The Morgan fingerprint density at radius 2 is 0.981 bits per heavy atom. The molecule has 10 atom stereocenters. The first-order chi connectivity index (χ1) is 50.3. The standard InChI is InChI=1S/C68H92N15O20PS2/c1-40(84)60(68(99)78-56(38-106)66(97)74-51(61(70)92)30-42-11-17-46(85)18-12-42)79-62(93)50(8-4-5-22-69)73-65(96)54(33-44-34-71-49-7-3-2-6-48(44)49)76-64(95)53(32-43-13-19-47(86)20-14-43)75-67(98)55(37-105)77-63(94)52(31-41-9-15-45(16-10-41)83(100)101)72-57(87)21-29-104(102,103)39-82-27-25-80(35-58(88)89)23-24-81(26-28-82)36-59(90)91/h2-3,6-7,9-20,34,40,50-56,60,71,84-86,105-106H,4-5,8,21-33,35-39,69H2,1H3,(H2,70,92)(H,72,87)(H,73,96)(H,74,97)(H,75,98)(H,76,95)(H,77,94)(H,78,99)(H,79,93)(H,88,89)(H,90,91)(H,102,103)/t40-,50+,51+,52+,53+,54+,55+,56+,60+/m1/s1. The Hall–Kier alpha value is -9.72. The van der Waals surface area contributed by atoms with Crippen molar-refractivity contribution in [2.24, 2.45) is 11.5 Å². The fourth-order valence-electron chi connectivity index (χ4n) is 11.5. The number of aliphatic hydroxyl groups excluding tert-OH is 1. The minimum atomic E-state index is -4.25. The number of aliphatic carboxylic acids is 2. The van der Waals surface area contributed by atoms with Crippen LogP contribution in [0.15, 0.2) is 103 Å². The molecule has 576 valence electrons. The molecule has 19 N–H and O–H groups in total. The molecule has 1 unspecified atom stereocenters. The number of carbonyl (C=O) groups is 11. The smallest absolute Gasteiger partial charge is 0.317 e. The average molecular weight is 1530 g/mol. The molecule has 0 radical (unpaired) electrons. The number of non-ortho nitro benzene ring substituents is 1. The number of nitro benzene ring substituents is 1. The van der Waals surface area contributed by atoms with E-state index >= 15 is 9.59 Å². The van der Waals surface area contributed by atoms with Gasteiger partial charge >= 0.3 is 11.9 Å². The molecule has 106 heavy (non-hydrogen) atoms. The second-order valence-corrected chi connectivity index (χ2v) is 28.8. The van der Waals surface area contributed by atoms with Crippen LogP contribution in [0.2, 0.25) is 0 Å². The fraction of sp³-hybridized carbons (Fsp3) is 0.456. The molecule has 1 aromatic heterocycles. The van der Waals surface area contributed by atoms with Crippen LogP contribution < -0.4 is 54.0 Å². The Balaban J connectivity index is 1.23. The summed E-state index contributed by atoms with van der Waals surface area (Å²) in [5, 5.41) is 82.5. The highest BCUT2D eigenvalue weighted by Gasteiger charge is 2.37. The minimum Gasteiger partial charge on any atom is -0.508 e. The van der Waals surface area contributed by atoms with E-state index < -0.39 is 156 Å². The van der Waals surface area contributed by atoms with Crippen LogP contribution in [0.3, 0.4) is 0 Å². The lowest BCUT2D eigenvalue weighted by molar-refractivity contribution is -0.384. The van der Waals surface area contributed by atoms with Gasteiger partial charge in [-0.3, -0.25) is 82.1 Å². The summed E-state index contributed by atoms with van der Waals surface area (Å²) in [4.78, 5) is 181. The van der Waals surface area contributed by atoms with Gasteiger partial charge in [-0.15, -0.1) is 0 Å². The number of benzene rings is 4. The molecule has 1 aliphatic rings. The molecule has 6 rings (SSSR count). The number of aliphatic hydroxyl groups is 1. The highest BCUT2D eigenvalue weighted by atomic mass is 32.1. The van der Waals surface area contributed by atoms with Crippen molar-refractivity contribution < 1.29 is 92.7 Å². The third-order valence-corrected chi connectivity index (χ3v) is 19.8. The normalized spacial score (nSPS) is 16.1. The number of rotatable bonds is 41. The number of carboxylic acids is 2. The van der Waals surface area contributed by atoms with Crippen molar-refractivity contribution in [2.45, 2.75) is 113 Å². The molecule has 0 spiro atoms. The van der Waals surface area contributed by atoms with Crippen molar-refractivity contribution in [2.75, 3.05) is 82.9 Å². The number of H-pyrrole nitrogens is 1. The molecule has 2 heterocycles. The van der Waals surface area contributed by atoms with Gasteiger partial charge in [-0.25, -0.2) is 0 Å². The number of para-hydroxylation sites is 1. The van der Waals surface area contributed by atoms with E-state index in [1.807, 2.05) is 0 Å². The molecule has 38 heteroatoms. The number of carboxylic acid groups (broad SMARTS) is 2. The lowest BCUT2D eigenvalue weighted by Crippen LogP contribution is -2.62. The maximum Gasteiger partial charge on any atom is 0.317 e. The van der Waals surface area contributed by atoms with Gasteiger partial charge in [-0.05, 0) is 85.3 Å². The molecule has 1 saturated heterocycles. The lowest BCUT2D eigenvalue weighted by atomic mass is 10.0. The number of aromatic nitrogens is 1. The molecule has 5 aromatic rings. The number of hydrogen-bond donors (Lipinski definition) is 19. The highest BCUT2D eigenvalue weighted by molar-refractivity contribution is 7.80. The Morgan fingerprint density at radius 3 is 1.45 bits per heavy atom. The van der Waals surface area contributed by atoms with E-state index in [0.717, 1.165) is 12.1 Å². The number of phenolic OH excluding ortho intramolecular Hbond substituents is 2. The summed E-state index contributed by atoms with van der Waals surface area (Å²) in [7, 11) is -4.25. The van der Waals surface area contributed by atoms with E-state index in [4.69, 9.17) is 11.5 Å². The second kappa shape index (κ2) is 41.8. The van der Waals surface area contributed by atoms with Crippen molar-refractivity contribution >= 4 is 114 Å². The van der Waals surface area contributed by atoms with E-state index in [2.05, 4.69) is 72.8 Å². The molecule has 0 bridgehead atoms. The van der Waals surface area contributed by atoms with Crippen LogP contribution in [-0.2, 0) is 83.0 Å². The number of primary amides is 1. The topological polar surface area (TPSA) is 543 Å². The van der Waals surface area contributed by atoms with Gasteiger partial charge < -0.3 is 89.4 Å². The van der Waals surface area contributed by atoms with Crippen LogP contribution in [0, 0.1) is 10.1 Å². The molecule has 1 fully saturated rings. The van der Waals surface area contributed by atoms with E-state index in [9.17, 15) is 88.3 Å². The summed E-state index contributed by atoms with van der Waals surface area (Å²) in [5.74, 6) is -12.1. The number of unbranched alkanes of at least 4 members (excludes halogenated alkanes) is 1. The third-order valence-electron chi connectivity index (χ3n) is 17.3. The molecule has 0 aliphatic carbocycles. The maximum atomic E-state index is 15.1. The van der Waals surface area contributed by atoms with E-state index in [-0.39, 0.29) is 126 Å². The number of nitrogens with two attached hydrogens (primary N) is 2. The van der Waals surface area contributed by atoms with Crippen molar-refractivity contribution in [1.82, 2.24) is 62.2 Å². The van der Waals surface area contributed by atoms with E-state index in [0.29, 0.717) is 34.0 Å². The Bertz CT molecular complexity index is 3890. The first kappa shape index (κ1) is 85.2. The van der Waals surface area contributed by atoms with Gasteiger partial charge in [-0.2, -0.15) is 25.3 Å². The number of nitrogens with one attached hydrogen (secondary N) is 9. The van der Waals surface area contributed by atoms with Crippen LogP contribution in [0.1, 0.15) is 54.9 Å². The second-order valence-electron chi connectivity index (χ2n) is 25.6. The Morgan fingerprint density at radius 1 is 0.566 bits per heavy atom. The molecule has 9 amide bonds. The number of phenols is 2. The van der Waals surface area contributed by atoms with Gasteiger partial charge in [-0.1, -0.05) is 54.6 Å². The van der Waals surface area contributed by atoms with Gasteiger partial charge in [0.2, 0.25) is 60.5 Å². The number of carbonyl (C=O) groups excluding carboxylic acids is 9. The number of nitro groups is 1. The number of amides is 9. The van der Waals surface area contributed by atoms with Crippen molar-refractivity contribution in [3.8, 4) is 11.5 Å². The number of fused-ring (bicyclic) bond motifs is 1. The van der Waals surface area contributed by atoms with Crippen molar-refractivity contribution in [3.05, 3.63) is 136 Å². The quantitative estimate of drug-likeness (QED) is 0.00675. The molecule has 35 nitrogen and oxygen atoms in total. The molecule has 1 aliphatic heterocycles. The lowest BCUT2D eigenvalue weighted by Gasteiger charge is -2.28. The number of aromatic hydroxyl groups is 2. The summed E-state index contributed by atoms with van der Waals surface area (Å²) in [6.07, 6.45) is -2.41. The number of hydrogen-bond acceptors (Lipinski definition) is 23. The summed E-state index contributed by atoms with van der Waals surface area (Å²) >= 11 is 8.57. The fourth-order valence-corrected chi connectivity index (χ4v) is 13.6. The van der Waals surface area contributed by atoms with Crippen molar-refractivity contribution in [3.63, 3.8) is 0 Å². The molecule has 4 aromatic carbocycles. The monoisotopic (exact) mass is 1530 g/mol. The zero-order valence-corrected chi connectivity index (χ0v) is 60.7. The number of aromatic amines is 1. The third kappa shape index (κ3) is 28.0. The summed E-state index contributed by atoms with van der Waals surface area (Å²) < 4.78 is 13.8. The van der Waals surface area contributed by atoms with Gasteiger partial charge in [0.25, 0.3) is 5.69 Å².